The van der Waals surface area contributed by atoms with Gasteiger partial charge in [-0.2, -0.15) is 0 Å². The molecular formula is C30H33NO. The third-order valence-electron chi connectivity index (χ3n) is 8.98. The van der Waals surface area contributed by atoms with E-state index in [0.29, 0.717) is 11.2 Å². The molecule has 3 atom stereocenters. The molecule has 1 aromatic heterocycles. The molecule has 164 valence electrons. The summed E-state index contributed by atoms with van der Waals surface area (Å²) in [5.74, 6) is 1.94. The molecule has 0 amide bonds. The normalized spacial score (nSPS) is 29.3. The van der Waals surface area contributed by atoms with E-state index in [-0.39, 0.29) is 0 Å². The van der Waals surface area contributed by atoms with Crippen molar-refractivity contribution >= 4 is 5.78 Å². The van der Waals surface area contributed by atoms with Crippen molar-refractivity contribution in [2.75, 3.05) is 0 Å². The van der Waals surface area contributed by atoms with Crippen molar-refractivity contribution in [3.05, 3.63) is 76.5 Å². The number of nitrogens with zero attached hydrogens (tertiary/aromatic N) is 1. The van der Waals surface area contributed by atoms with E-state index < -0.39 is 0 Å². The van der Waals surface area contributed by atoms with E-state index in [2.05, 4.69) is 48.3 Å². The lowest BCUT2D eigenvalue weighted by Crippen LogP contribution is -2.40. The first kappa shape index (κ1) is 20.1. The Balaban J connectivity index is 1.25. The molecule has 32 heavy (non-hydrogen) atoms. The molecule has 0 spiro atoms. The minimum atomic E-state index is 0.345. The summed E-state index contributed by atoms with van der Waals surface area (Å²) in [4.78, 5) is 16.5. The second-order valence-electron chi connectivity index (χ2n) is 10.7. The summed E-state index contributed by atoms with van der Waals surface area (Å²) in [6.45, 7) is 2.08. The van der Waals surface area contributed by atoms with Gasteiger partial charge in [0.2, 0.25) is 0 Å². The van der Waals surface area contributed by atoms with Crippen LogP contribution in [-0.2, 0) is 11.2 Å². The Morgan fingerprint density at radius 2 is 1.84 bits per heavy atom. The maximum Gasteiger partial charge on any atom is 0.156 e. The van der Waals surface area contributed by atoms with Crippen LogP contribution in [0.3, 0.4) is 0 Å². The summed E-state index contributed by atoms with van der Waals surface area (Å²) in [5.41, 5.74) is 10.2. The molecule has 4 aliphatic rings. The molecule has 0 unspecified atom stereocenters. The smallest absolute Gasteiger partial charge is 0.156 e. The quantitative estimate of drug-likeness (QED) is 0.523. The number of carbonyl (C=O) groups is 1. The number of allylic oxidation sites excluding steroid dienone is 4. The lowest BCUT2D eigenvalue weighted by Gasteiger charge is -2.49. The summed E-state index contributed by atoms with van der Waals surface area (Å²) < 4.78 is 0. The average molecular weight is 424 g/mol. The second-order valence-corrected chi connectivity index (χ2v) is 10.7. The Morgan fingerprint density at radius 3 is 2.66 bits per heavy atom. The number of hydrogen-bond donors (Lipinski definition) is 0. The van der Waals surface area contributed by atoms with E-state index in [0.717, 1.165) is 36.8 Å². The van der Waals surface area contributed by atoms with Crippen LogP contribution in [0.25, 0.3) is 11.3 Å². The van der Waals surface area contributed by atoms with Crippen LogP contribution < -0.4 is 0 Å². The summed E-state index contributed by atoms with van der Waals surface area (Å²) in [7, 11) is 0. The van der Waals surface area contributed by atoms with Crippen LogP contribution in [-0.4, -0.2) is 10.8 Å². The third kappa shape index (κ3) is 3.39. The molecule has 2 heteroatoms. The molecule has 2 nitrogen and oxygen atoms in total. The summed E-state index contributed by atoms with van der Waals surface area (Å²) >= 11 is 0. The van der Waals surface area contributed by atoms with Gasteiger partial charge in [-0.25, -0.2) is 0 Å². The molecule has 0 N–H and O–H groups in total. The van der Waals surface area contributed by atoms with Crippen molar-refractivity contribution in [3.8, 4) is 11.3 Å². The van der Waals surface area contributed by atoms with Gasteiger partial charge in [0.1, 0.15) is 0 Å². The highest BCUT2D eigenvalue weighted by atomic mass is 16.1. The molecule has 0 saturated heterocycles. The van der Waals surface area contributed by atoms with Crippen molar-refractivity contribution < 1.29 is 4.79 Å². The Hall–Kier alpha value is -2.48. The van der Waals surface area contributed by atoms with Crippen LogP contribution in [0.2, 0.25) is 0 Å². The zero-order chi connectivity index (χ0) is 21.7. The van der Waals surface area contributed by atoms with Crippen LogP contribution in [0.15, 0.2) is 65.4 Å². The SMILES string of the molecule is Cc1ccc(-c2ccc(C[C@@]34CCC[C@H]3[C@@H]3CCC5=CC(=O)CCC5=C3CC4)cc2)nc1. The summed E-state index contributed by atoms with van der Waals surface area (Å²) in [5, 5.41) is 0. The predicted molar refractivity (Wildman–Crippen MR) is 129 cm³/mol. The minimum Gasteiger partial charge on any atom is -0.295 e. The fourth-order valence-corrected chi connectivity index (χ4v) is 7.48. The highest BCUT2D eigenvalue weighted by molar-refractivity contribution is 5.93. The van der Waals surface area contributed by atoms with Crippen LogP contribution in [0.5, 0.6) is 0 Å². The second kappa shape index (κ2) is 7.83. The van der Waals surface area contributed by atoms with Gasteiger partial charge in [0.25, 0.3) is 0 Å². The molecule has 2 saturated carbocycles. The van der Waals surface area contributed by atoms with Crippen molar-refractivity contribution in [3.63, 3.8) is 0 Å². The maximum atomic E-state index is 11.9. The maximum absolute atomic E-state index is 11.9. The Bertz CT molecular complexity index is 1100. The Labute approximate surface area is 191 Å². The number of ketones is 1. The van der Waals surface area contributed by atoms with E-state index in [1.165, 1.54) is 67.2 Å². The third-order valence-corrected chi connectivity index (χ3v) is 8.98. The number of carbonyl (C=O) groups excluding carboxylic acids is 1. The first-order valence-electron chi connectivity index (χ1n) is 12.6. The van der Waals surface area contributed by atoms with Crippen molar-refractivity contribution in [1.29, 1.82) is 0 Å². The highest BCUT2D eigenvalue weighted by Crippen LogP contribution is 2.61. The molecule has 2 fully saturated rings. The summed E-state index contributed by atoms with van der Waals surface area (Å²) in [6, 6.07) is 13.5. The van der Waals surface area contributed by atoms with Gasteiger partial charge in [-0.15, -0.1) is 0 Å². The van der Waals surface area contributed by atoms with Crippen molar-refractivity contribution in [1.82, 2.24) is 4.98 Å². The number of rotatable bonds is 3. The fourth-order valence-electron chi connectivity index (χ4n) is 7.48. The van der Waals surface area contributed by atoms with Crippen molar-refractivity contribution in [2.45, 2.75) is 71.1 Å². The molecule has 1 heterocycles. The van der Waals surface area contributed by atoms with E-state index >= 15 is 0 Å². The van der Waals surface area contributed by atoms with Crippen LogP contribution in [0, 0.1) is 24.2 Å². The molecule has 0 bridgehead atoms. The summed E-state index contributed by atoms with van der Waals surface area (Å²) in [6.07, 6.45) is 16.0. The number of benzene rings is 1. The molecule has 0 aliphatic heterocycles. The van der Waals surface area contributed by atoms with Gasteiger partial charge in [-0.05, 0) is 110 Å². The molecule has 4 aliphatic carbocycles. The predicted octanol–water partition coefficient (Wildman–Crippen LogP) is 7.18. The van der Waals surface area contributed by atoms with Gasteiger partial charge >= 0.3 is 0 Å². The highest BCUT2D eigenvalue weighted by Gasteiger charge is 2.51. The molecule has 0 radical (unpaired) electrons. The van der Waals surface area contributed by atoms with Gasteiger partial charge in [0.15, 0.2) is 5.78 Å². The minimum absolute atomic E-state index is 0.345. The number of fused-ring (bicyclic) bond motifs is 4. The van der Waals surface area contributed by atoms with E-state index in [4.69, 9.17) is 0 Å². The van der Waals surface area contributed by atoms with Gasteiger partial charge in [0, 0.05) is 18.2 Å². The number of aryl methyl sites for hydroxylation is 1. The Kier molecular flexibility index (Phi) is 4.93. The molecular weight excluding hydrogens is 390 g/mol. The first-order valence-corrected chi connectivity index (χ1v) is 12.6. The van der Waals surface area contributed by atoms with Crippen LogP contribution in [0.1, 0.15) is 68.9 Å². The van der Waals surface area contributed by atoms with Crippen LogP contribution in [0.4, 0.5) is 0 Å². The molecule has 1 aromatic carbocycles. The Morgan fingerprint density at radius 1 is 0.969 bits per heavy atom. The monoisotopic (exact) mass is 423 g/mol. The van der Waals surface area contributed by atoms with E-state index in [1.54, 1.807) is 11.1 Å². The van der Waals surface area contributed by atoms with Gasteiger partial charge in [-0.3, -0.25) is 9.78 Å². The van der Waals surface area contributed by atoms with Crippen molar-refractivity contribution in [2.24, 2.45) is 17.3 Å². The first-order chi connectivity index (χ1) is 15.6. The standard InChI is InChI=1S/C30H33NO/c1-20-4-13-29(31-19-20)22-7-5-21(6-8-22)18-30-15-2-3-28(30)27-11-9-23-17-24(32)10-12-25(23)26(27)14-16-30/h4-8,13,17,19,27-28H,2-3,9-12,14-16,18H2,1H3/t27-,28+,30+/m1/s1. The zero-order valence-corrected chi connectivity index (χ0v) is 19.2. The fraction of sp³-hybridized carbons (Fsp3) is 0.467. The zero-order valence-electron chi connectivity index (χ0n) is 19.2. The van der Waals surface area contributed by atoms with Gasteiger partial charge in [0.05, 0.1) is 5.69 Å². The van der Waals surface area contributed by atoms with Crippen LogP contribution >= 0.6 is 0 Å². The van der Waals surface area contributed by atoms with Gasteiger partial charge in [-0.1, -0.05) is 42.3 Å². The average Bonchev–Trinajstić information content (AvgIpc) is 3.23. The lowest BCUT2D eigenvalue weighted by atomic mass is 9.56. The topological polar surface area (TPSA) is 30.0 Å². The van der Waals surface area contributed by atoms with E-state index in [9.17, 15) is 4.79 Å². The number of pyridine rings is 1. The number of hydrogen-bond acceptors (Lipinski definition) is 2. The lowest BCUT2D eigenvalue weighted by molar-refractivity contribution is -0.114. The molecule has 6 rings (SSSR count). The largest absolute Gasteiger partial charge is 0.295 e. The van der Waals surface area contributed by atoms with E-state index in [1.807, 2.05) is 12.3 Å². The number of aromatic nitrogens is 1. The molecule has 2 aromatic rings. The van der Waals surface area contributed by atoms with Gasteiger partial charge < -0.3 is 0 Å².